The van der Waals surface area contributed by atoms with Gasteiger partial charge in [0.1, 0.15) is 17.6 Å². The monoisotopic (exact) mass is 284 g/mol. The Hall–Kier alpha value is -1.59. The number of hydrogen-bond acceptors (Lipinski definition) is 3. The smallest absolute Gasteiger partial charge is 0.163 e. The van der Waals surface area contributed by atoms with Gasteiger partial charge in [0, 0.05) is 17.1 Å². The number of methoxy groups -OCH3 is 1. The number of halogens is 2. The highest BCUT2D eigenvalue weighted by molar-refractivity contribution is 6.30. The second-order valence-electron chi connectivity index (χ2n) is 3.98. The predicted molar refractivity (Wildman–Crippen MR) is 69.9 cm³/mol. The molecule has 1 aromatic heterocycles. The van der Waals surface area contributed by atoms with E-state index in [-0.39, 0.29) is 5.56 Å². The third kappa shape index (κ3) is 2.57. The van der Waals surface area contributed by atoms with Gasteiger partial charge in [0.05, 0.1) is 13.3 Å². The summed E-state index contributed by atoms with van der Waals surface area (Å²) in [7, 11) is 1.47. The van der Waals surface area contributed by atoms with Crippen molar-refractivity contribution in [2.75, 3.05) is 7.11 Å². The van der Waals surface area contributed by atoms with Crippen molar-refractivity contribution < 1.29 is 14.2 Å². The Morgan fingerprint density at radius 3 is 2.89 bits per heavy atom. The molecule has 0 bridgehead atoms. The van der Waals surface area contributed by atoms with Crippen LogP contribution < -0.4 is 4.74 Å². The Labute approximate surface area is 115 Å². The summed E-state index contributed by atoms with van der Waals surface area (Å²) in [6.45, 7) is 2.41. The maximum atomic E-state index is 13.8. The summed E-state index contributed by atoms with van der Waals surface area (Å²) in [5.74, 6) is -0.114. The zero-order chi connectivity index (χ0) is 14.0. The molecule has 1 aromatic carbocycles. The van der Waals surface area contributed by atoms with Gasteiger partial charge in [-0.1, -0.05) is 11.6 Å². The zero-order valence-corrected chi connectivity index (χ0v) is 11.4. The fraction of sp³-hybridized carbons (Fsp3) is 0.308. The highest BCUT2D eigenvalue weighted by atomic mass is 35.5. The molecular formula is C13H14ClFN2O2. The van der Waals surface area contributed by atoms with E-state index in [1.807, 2.05) is 6.92 Å². The van der Waals surface area contributed by atoms with Crippen molar-refractivity contribution in [2.24, 2.45) is 0 Å². The van der Waals surface area contributed by atoms with Crippen molar-refractivity contribution in [2.45, 2.75) is 19.6 Å². The molecule has 0 radical (unpaired) electrons. The van der Waals surface area contributed by atoms with Crippen LogP contribution in [0.25, 0.3) is 0 Å². The maximum Gasteiger partial charge on any atom is 0.163 e. The quantitative estimate of drug-likeness (QED) is 0.939. The number of ether oxygens (including phenoxy) is 1. The predicted octanol–water partition coefficient (Wildman–Crippen LogP) is 2.79. The van der Waals surface area contributed by atoms with E-state index in [2.05, 4.69) is 5.10 Å². The van der Waals surface area contributed by atoms with Gasteiger partial charge in [0.2, 0.25) is 0 Å². The number of aliphatic hydroxyl groups is 1. The number of aromatic nitrogens is 2. The summed E-state index contributed by atoms with van der Waals surface area (Å²) < 4.78 is 20.5. The van der Waals surface area contributed by atoms with Gasteiger partial charge in [-0.05, 0) is 25.1 Å². The Morgan fingerprint density at radius 1 is 1.53 bits per heavy atom. The lowest BCUT2D eigenvalue weighted by Gasteiger charge is -2.15. The first kappa shape index (κ1) is 13.8. The topological polar surface area (TPSA) is 47.3 Å². The van der Waals surface area contributed by atoms with E-state index >= 15 is 0 Å². The molecule has 0 saturated heterocycles. The largest absolute Gasteiger partial charge is 0.493 e. The SMILES string of the molecule is CCn1ncc(OC)c1C(O)c1cc(Cl)ccc1F. The molecule has 0 aliphatic rings. The van der Waals surface area contributed by atoms with Gasteiger partial charge in [-0.3, -0.25) is 4.68 Å². The summed E-state index contributed by atoms with van der Waals surface area (Å²) in [6.07, 6.45) is 0.306. The van der Waals surface area contributed by atoms with Crippen LogP contribution in [0.15, 0.2) is 24.4 Å². The lowest BCUT2D eigenvalue weighted by Crippen LogP contribution is -2.11. The second-order valence-corrected chi connectivity index (χ2v) is 4.42. The first-order valence-corrected chi connectivity index (χ1v) is 6.19. The molecule has 1 atom stereocenters. The molecule has 2 aromatic rings. The Morgan fingerprint density at radius 2 is 2.26 bits per heavy atom. The van der Waals surface area contributed by atoms with Gasteiger partial charge in [0.25, 0.3) is 0 Å². The molecule has 1 N–H and O–H groups in total. The molecular weight excluding hydrogens is 271 g/mol. The van der Waals surface area contributed by atoms with E-state index in [1.54, 1.807) is 4.68 Å². The summed E-state index contributed by atoms with van der Waals surface area (Å²) in [4.78, 5) is 0. The zero-order valence-electron chi connectivity index (χ0n) is 10.6. The lowest BCUT2D eigenvalue weighted by molar-refractivity contribution is 0.197. The number of hydrogen-bond donors (Lipinski definition) is 1. The fourth-order valence-corrected chi connectivity index (χ4v) is 2.11. The molecule has 6 heteroatoms. The number of benzene rings is 1. The molecule has 19 heavy (non-hydrogen) atoms. The van der Waals surface area contributed by atoms with Crippen LogP contribution in [0.2, 0.25) is 5.02 Å². The van der Waals surface area contributed by atoms with Crippen LogP contribution in [-0.4, -0.2) is 22.0 Å². The van der Waals surface area contributed by atoms with Crippen molar-refractivity contribution >= 4 is 11.6 Å². The van der Waals surface area contributed by atoms with E-state index in [9.17, 15) is 9.50 Å². The van der Waals surface area contributed by atoms with Crippen LogP contribution in [0.4, 0.5) is 4.39 Å². The van der Waals surface area contributed by atoms with Gasteiger partial charge in [-0.15, -0.1) is 0 Å². The molecule has 0 saturated carbocycles. The van der Waals surface area contributed by atoms with E-state index in [0.29, 0.717) is 23.0 Å². The van der Waals surface area contributed by atoms with Crippen LogP contribution in [0.5, 0.6) is 5.75 Å². The summed E-state index contributed by atoms with van der Waals surface area (Å²) in [6, 6.07) is 4.05. The van der Waals surface area contributed by atoms with Crippen LogP contribution >= 0.6 is 11.6 Å². The number of nitrogens with zero attached hydrogens (tertiary/aromatic N) is 2. The Bertz CT molecular complexity index is 565. The molecule has 1 heterocycles. The molecule has 4 nitrogen and oxygen atoms in total. The lowest BCUT2D eigenvalue weighted by atomic mass is 10.1. The van der Waals surface area contributed by atoms with Crippen LogP contribution in [0.1, 0.15) is 24.3 Å². The minimum atomic E-state index is -1.18. The van der Waals surface area contributed by atoms with Gasteiger partial charge in [-0.25, -0.2) is 4.39 Å². The van der Waals surface area contributed by atoms with Gasteiger partial charge >= 0.3 is 0 Å². The molecule has 0 amide bonds. The molecule has 1 unspecified atom stereocenters. The van der Waals surface area contributed by atoms with Crippen molar-refractivity contribution in [1.82, 2.24) is 9.78 Å². The Kier molecular flexibility index (Phi) is 4.07. The Balaban J connectivity index is 2.51. The molecule has 0 aliphatic heterocycles. The highest BCUT2D eigenvalue weighted by Crippen LogP contribution is 2.32. The fourth-order valence-electron chi connectivity index (χ4n) is 1.93. The normalized spacial score (nSPS) is 12.5. The van der Waals surface area contributed by atoms with Crippen molar-refractivity contribution in [3.63, 3.8) is 0 Å². The van der Waals surface area contributed by atoms with Crippen LogP contribution in [0.3, 0.4) is 0 Å². The van der Waals surface area contributed by atoms with Gasteiger partial charge in [0.15, 0.2) is 5.75 Å². The third-order valence-corrected chi connectivity index (χ3v) is 3.11. The first-order valence-electron chi connectivity index (χ1n) is 5.81. The van der Waals surface area contributed by atoms with Crippen LogP contribution in [-0.2, 0) is 6.54 Å². The minimum absolute atomic E-state index is 0.0981. The van der Waals surface area contributed by atoms with Gasteiger partial charge < -0.3 is 9.84 Å². The standard InChI is InChI=1S/C13H14ClFN2O2/c1-3-17-12(11(19-2)7-16-17)13(18)9-6-8(14)4-5-10(9)15/h4-7,13,18H,3H2,1-2H3. The highest BCUT2D eigenvalue weighted by Gasteiger charge is 2.23. The minimum Gasteiger partial charge on any atom is -0.493 e. The summed E-state index contributed by atoms with van der Waals surface area (Å²) in [5.41, 5.74) is 0.507. The third-order valence-electron chi connectivity index (χ3n) is 2.88. The average molecular weight is 285 g/mol. The molecule has 0 fully saturated rings. The van der Waals surface area contributed by atoms with E-state index in [1.165, 1.54) is 31.5 Å². The molecule has 0 spiro atoms. The second kappa shape index (κ2) is 5.59. The van der Waals surface area contributed by atoms with Crippen molar-refractivity contribution in [3.05, 3.63) is 46.5 Å². The first-order chi connectivity index (χ1) is 9.08. The summed E-state index contributed by atoms with van der Waals surface area (Å²) >= 11 is 5.84. The van der Waals surface area contributed by atoms with Gasteiger partial charge in [-0.2, -0.15) is 5.10 Å². The number of aryl methyl sites for hydroxylation is 1. The van der Waals surface area contributed by atoms with E-state index in [4.69, 9.17) is 16.3 Å². The van der Waals surface area contributed by atoms with E-state index in [0.717, 1.165) is 0 Å². The van der Waals surface area contributed by atoms with Crippen molar-refractivity contribution in [3.8, 4) is 5.75 Å². The maximum absolute atomic E-state index is 13.8. The molecule has 0 aliphatic carbocycles. The van der Waals surface area contributed by atoms with Crippen LogP contribution in [0, 0.1) is 5.82 Å². The van der Waals surface area contributed by atoms with E-state index < -0.39 is 11.9 Å². The number of rotatable bonds is 4. The molecule has 2 rings (SSSR count). The number of aliphatic hydroxyl groups excluding tert-OH is 1. The average Bonchev–Trinajstić information content (AvgIpc) is 2.83. The van der Waals surface area contributed by atoms with Crippen molar-refractivity contribution in [1.29, 1.82) is 0 Å². The molecule has 102 valence electrons. The summed E-state index contributed by atoms with van der Waals surface area (Å²) in [5, 5.41) is 14.8.